The molecule has 0 aliphatic rings. The minimum Gasteiger partial charge on any atom is -0.381 e. The molecular weight excluding hydrogens is 374 g/mol. The van der Waals surface area contributed by atoms with Crippen LogP contribution < -0.4 is 5.73 Å². The highest BCUT2D eigenvalue weighted by atomic mass is 35.5. The van der Waals surface area contributed by atoms with Crippen LogP contribution in [0.4, 0.5) is 14.6 Å². The summed E-state index contributed by atoms with van der Waals surface area (Å²) >= 11 is 6.28. The van der Waals surface area contributed by atoms with Crippen LogP contribution in [0.2, 0.25) is 5.02 Å². The summed E-state index contributed by atoms with van der Waals surface area (Å²) in [6.07, 6.45) is 1.58. The summed E-state index contributed by atoms with van der Waals surface area (Å²) in [4.78, 5) is 8.46. The number of nitrogens with zero attached hydrogens (tertiary/aromatic N) is 4. The average molecular weight is 383 g/mol. The Balaban J connectivity index is 2.02. The van der Waals surface area contributed by atoms with Crippen molar-refractivity contribution in [1.29, 1.82) is 5.26 Å². The first-order valence-corrected chi connectivity index (χ1v) is 8.01. The van der Waals surface area contributed by atoms with Gasteiger partial charge in [-0.1, -0.05) is 11.6 Å². The summed E-state index contributed by atoms with van der Waals surface area (Å²) in [5.74, 6) is -2.14. The summed E-state index contributed by atoms with van der Waals surface area (Å²) in [6.45, 7) is 0. The summed E-state index contributed by atoms with van der Waals surface area (Å²) in [7, 11) is 0. The van der Waals surface area contributed by atoms with Crippen molar-refractivity contribution in [3.63, 3.8) is 0 Å². The van der Waals surface area contributed by atoms with Crippen LogP contribution in [-0.4, -0.2) is 20.2 Å². The Labute approximate surface area is 156 Å². The predicted molar refractivity (Wildman–Crippen MR) is 96.6 cm³/mol. The van der Waals surface area contributed by atoms with Gasteiger partial charge in [0.2, 0.25) is 0 Å². The number of fused-ring (bicyclic) bond motifs is 1. The van der Waals surface area contributed by atoms with Crippen molar-refractivity contribution in [3.8, 4) is 28.6 Å². The molecule has 6 nitrogen and oxygen atoms in total. The van der Waals surface area contributed by atoms with Gasteiger partial charge >= 0.3 is 0 Å². The van der Waals surface area contributed by atoms with Crippen LogP contribution in [0.3, 0.4) is 0 Å². The number of hydrogen-bond acceptors (Lipinski definition) is 5. The number of aromatic nitrogens is 4. The maximum atomic E-state index is 13.7. The van der Waals surface area contributed by atoms with Crippen LogP contribution >= 0.6 is 11.6 Å². The molecule has 0 amide bonds. The van der Waals surface area contributed by atoms with E-state index in [0.717, 1.165) is 12.1 Å². The molecule has 0 unspecified atom stereocenters. The minimum atomic E-state index is -1.04. The van der Waals surface area contributed by atoms with Crippen molar-refractivity contribution in [3.05, 3.63) is 58.9 Å². The Kier molecular flexibility index (Phi) is 3.94. The van der Waals surface area contributed by atoms with E-state index in [4.69, 9.17) is 17.3 Å². The molecule has 2 aromatic carbocycles. The third-order valence-electron chi connectivity index (χ3n) is 4.00. The average Bonchev–Trinajstić information content (AvgIpc) is 3.13. The van der Waals surface area contributed by atoms with E-state index in [9.17, 15) is 14.0 Å². The second-order valence-electron chi connectivity index (χ2n) is 5.69. The number of benzene rings is 2. The lowest BCUT2D eigenvalue weighted by Crippen LogP contribution is -2.03. The van der Waals surface area contributed by atoms with Gasteiger partial charge in [0.25, 0.3) is 0 Å². The van der Waals surface area contributed by atoms with Crippen LogP contribution in [-0.2, 0) is 0 Å². The number of nitriles is 1. The van der Waals surface area contributed by atoms with Crippen molar-refractivity contribution in [1.82, 2.24) is 20.2 Å². The number of halogens is 3. The van der Waals surface area contributed by atoms with E-state index >= 15 is 0 Å². The maximum Gasteiger partial charge on any atom is 0.183 e. The van der Waals surface area contributed by atoms with Crippen LogP contribution in [0.15, 0.2) is 36.5 Å². The molecular formula is C18H9ClF2N6. The molecule has 0 saturated carbocycles. The Morgan fingerprint density at radius 2 is 1.81 bits per heavy atom. The fourth-order valence-corrected chi connectivity index (χ4v) is 3.00. The third-order valence-corrected chi connectivity index (χ3v) is 4.29. The van der Waals surface area contributed by atoms with E-state index in [1.54, 1.807) is 18.3 Å². The van der Waals surface area contributed by atoms with Crippen LogP contribution in [0.1, 0.15) is 5.69 Å². The number of rotatable bonds is 2. The molecule has 2 heterocycles. The first-order valence-electron chi connectivity index (χ1n) is 7.64. The van der Waals surface area contributed by atoms with Crippen molar-refractivity contribution in [2.75, 3.05) is 5.73 Å². The SMILES string of the molecule is N#Cc1nc(-c2cc(Cl)c3[nH]ncc3c2)c(-c2ccc(F)c(F)c2)nc1N. The van der Waals surface area contributed by atoms with Crippen molar-refractivity contribution < 1.29 is 8.78 Å². The quantitative estimate of drug-likeness (QED) is 0.543. The van der Waals surface area contributed by atoms with Gasteiger partial charge in [0, 0.05) is 16.5 Å². The van der Waals surface area contributed by atoms with E-state index < -0.39 is 11.6 Å². The number of nitrogen functional groups attached to an aromatic ring is 1. The summed E-state index contributed by atoms with van der Waals surface area (Å²) in [5.41, 5.74) is 7.58. The van der Waals surface area contributed by atoms with Gasteiger partial charge in [-0.2, -0.15) is 10.4 Å². The molecule has 0 saturated heterocycles. The van der Waals surface area contributed by atoms with Crippen molar-refractivity contribution in [2.24, 2.45) is 0 Å². The molecule has 0 radical (unpaired) electrons. The smallest absolute Gasteiger partial charge is 0.183 e. The Bertz CT molecular complexity index is 1240. The lowest BCUT2D eigenvalue weighted by atomic mass is 10.0. The highest BCUT2D eigenvalue weighted by Crippen LogP contribution is 2.35. The number of nitrogens with one attached hydrogen (secondary N) is 1. The minimum absolute atomic E-state index is 0.0836. The number of hydrogen-bond donors (Lipinski definition) is 2. The molecule has 132 valence electrons. The van der Waals surface area contributed by atoms with Gasteiger partial charge in [-0.3, -0.25) is 5.10 Å². The molecule has 0 aliphatic carbocycles. The van der Waals surface area contributed by atoms with E-state index in [-0.39, 0.29) is 28.5 Å². The van der Waals surface area contributed by atoms with Gasteiger partial charge in [0.05, 0.1) is 28.1 Å². The molecule has 0 aliphatic heterocycles. The summed E-state index contributed by atoms with van der Waals surface area (Å²) in [6, 6.07) is 8.56. The van der Waals surface area contributed by atoms with E-state index in [0.29, 0.717) is 21.5 Å². The Morgan fingerprint density at radius 1 is 1.04 bits per heavy atom. The van der Waals surface area contributed by atoms with Gasteiger partial charge in [-0.15, -0.1) is 0 Å². The Hall–Kier alpha value is -3.57. The summed E-state index contributed by atoms with van der Waals surface area (Å²) < 4.78 is 27.1. The molecule has 27 heavy (non-hydrogen) atoms. The maximum absolute atomic E-state index is 13.7. The van der Waals surface area contributed by atoms with E-state index in [1.807, 2.05) is 6.07 Å². The second-order valence-corrected chi connectivity index (χ2v) is 6.09. The molecule has 0 bridgehead atoms. The van der Waals surface area contributed by atoms with Gasteiger partial charge in [0.15, 0.2) is 23.1 Å². The topological polar surface area (TPSA) is 104 Å². The summed E-state index contributed by atoms with van der Waals surface area (Å²) in [5, 5.41) is 17.1. The highest BCUT2D eigenvalue weighted by molar-refractivity contribution is 6.35. The molecule has 9 heteroatoms. The molecule has 0 atom stereocenters. The second kappa shape index (κ2) is 6.30. The van der Waals surface area contributed by atoms with Crippen LogP contribution in [0.5, 0.6) is 0 Å². The molecule has 3 N–H and O–H groups in total. The molecule has 0 fully saturated rings. The first-order chi connectivity index (χ1) is 13.0. The van der Waals surface area contributed by atoms with Gasteiger partial charge in [-0.25, -0.2) is 18.7 Å². The van der Waals surface area contributed by atoms with Crippen molar-refractivity contribution >= 4 is 28.3 Å². The monoisotopic (exact) mass is 382 g/mol. The first kappa shape index (κ1) is 16.9. The lowest BCUT2D eigenvalue weighted by molar-refractivity contribution is 0.509. The third kappa shape index (κ3) is 2.84. The highest BCUT2D eigenvalue weighted by Gasteiger charge is 2.18. The largest absolute Gasteiger partial charge is 0.381 e. The van der Waals surface area contributed by atoms with E-state index in [1.165, 1.54) is 6.07 Å². The normalized spacial score (nSPS) is 10.9. The number of H-pyrrole nitrogens is 1. The zero-order valence-corrected chi connectivity index (χ0v) is 14.2. The fourth-order valence-electron chi connectivity index (χ4n) is 2.73. The zero-order chi connectivity index (χ0) is 19.1. The zero-order valence-electron chi connectivity index (χ0n) is 13.5. The molecule has 0 spiro atoms. The molecule has 4 aromatic rings. The lowest BCUT2D eigenvalue weighted by Gasteiger charge is -2.11. The molecule has 4 rings (SSSR count). The van der Waals surface area contributed by atoms with Crippen molar-refractivity contribution in [2.45, 2.75) is 0 Å². The van der Waals surface area contributed by atoms with Crippen LogP contribution in [0.25, 0.3) is 33.4 Å². The standard InChI is InChI=1S/C18H9ClF2N6/c19-11-4-9(3-10-7-24-27-15(10)11)17-16(26-18(23)14(6-22)25-17)8-1-2-12(20)13(21)5-8/h1-5,7H,(H2,23,26)(H,24,27). The number of aromatic amines is 1. The predicted octanol–water partition coefficient (Wildman–Crippen LogP) is 4.07. The van der Waals surface area contributed by atoms with E-state index in [2.05, 4.69) is 20.2 Å². The van der Waals surface area contributed by atoms with Gasteiger partial charge in [0.1, 0.15) is 6.07 Å². The van der Waals surface area contributed by atoms with Gasteiger partial charge in [-0.05, 0) is 30.3 Å². The fraction of sp³-hybridized carbons (Fsp3) is 0. The van der Waals surface area contributed by atoms with Gasteiger partial charge < -0.3 is 5.73 Å². The van der Waals surface area contributed by atoms with Crippen LogP contribution in [0, 0.1) is 23.0 Å². The Morgan fingerprint density at radius 3 is 2.56 bits per heavy atom. The molecule has 2 aromatic heterocycles. The number of nitrogens with two attached hydrogens (primary N) is 1. The number of anilines is 1.